The molecule has 0 unspecified atom stereocenters. The van der Waals surface area contributed by atoms with E-state index in [1.54, 1.807) is 7.11 Å². The Kier molecular flexibility index (Phi) is 4.97. The number of methoxy groups -OCH3 is 1. The van der Waals surface area contributed by atoms with Crippen LogP contribution in [0, 0.1) is 0 Å². The Bertz CT molecular complexity index is 1440. The van der Waals surface area contributed by atoms with Gasteiger partial charge in [-0.2, -0.15) is 0 Å². The number of anilines is 2. The number of nitrogens with two attached hydrogens (primary N) is 1. The zero-order chi connectivity index (χ0) is 21.5. The van der Waals surface area contributed by atoms with Gasteiger partial charge in [-0.15, -0.1) is 11.3 Å². The Balaban J connectivity index is 1.45. The molecule has 5 aromatic rings. The fourth-order valence-electron chi connectivity index (χ4n) is 3.19. The molecule has 3 aromatic heterocycles. The first-order valence-corrected chi connectivity index (χ1v) is 11.2. The summed E-state index contributed by atoms with van der Waals surface area (Å²) in [6.45, 7) is 0. The summed E-state index contributed by atoms with van der Waals surface area (Å²) in [6, 6.07) is 16.8. The number of thiophene rings is 1. The maximum atomic E-state index is 12.9. The first kappa shape index (κ1) is 19.7. The summed E-state index contributed by atoms with van der Waals surface area (Å²) >= 11 is 8.61. The van der Waals surface area contributed by atoms with Crippen LogP contribution in [0.3, 0.4) is 0 Å². The van der Waals surface area contributed by atoms with E-state index in [2.05, 4.69) is 15.3 Å². The number of aromatic nitrogens is 2. The predicted molar refractivity (Wildman–Crippen MR) is 129 cm³/mol. The van der Waals surface area contributed by atoms with Crippen molar-refractivity contribution < 1.29 is 9.53 Å². The van der Waals surface area contributed by atoms with E-state index in [0.717, 1.165) is 32.6 Å². The second-order valence-corrected chi connectivity index (χ2v) is 9.17. The summed E-state index contributed by atoms with van der Waals surface area (Å²) in [5.41, 5.74) is 9.21. The van der Waals surface area contributed by atoms with Gasteiger partial charge in [0.15, 0.2) is 5.13 Å². The SMILES string of the molecule is COc1ccc2nc(NC(=O)c3sc4nc(-c5ccc(Cl)cc5)ccc4c3N)sc2c1. The Morgan fingerprint density at radius 2 is 1.87 bits per heavy atom. The van der Waals surface area contributed by atoms with Crippen molar-refractivity contribution in [3.05, 3.63) is 64.5 Å². The van der Waals surface area contributed by atoms with Gasteiger partial charge in [0.25, 0.3) is 5.91 Å². The van der Waals surface area contributed by atoms with Crippen LogP contribution >= 0.6 is 34.3 Å². The zero-order valence-electron chi connectivity index (χ0n) is 16.2. The number of rotatable bonds is 4. The monoisotopic (exact) mass is 466 g/mol. The third kappa shape index (κ3) is 3.69. The lowest BCUT2D eigenvalue weighted by molar-refractivity contribution is 0.103. The number of nitrogens with zero attached hydrogens (tertiary/aromatic N) is 2. The van der Waals surface area contributed by atoms with Crippen LogP contribution in [-0.2, 0) is 0 Å². The van der Waals surface area contributed by atoms with Gasteiger partial charge in [0.05, 0.1) is 28.7 Å². The number of carbonyl (C=O) groups is 1. The molecule has 0 spiro atoms. The molecule has 0 bridgehead atoms. The van der Waals surface area contributed by atoms with E-state index in [1.807, 2.05) is 54.6 Å². The summed E-state index contributed by atoms with van der Waals surface area (Å²) in [7, 11) is 1.61. The van der Waals surface area contributed by atoms with E-state index >= 15 is 0 Å². The second kappa shape index (κ2) is 7.81. The molecular weight excluding hydrogens is 452 g/mol. The van der Waals surface area contributed by atoms with Crippen molar-refractivity contribution in [3.63, 3.8) is 0 Å². The number of benzene rings is 2. The number of hydrogen-bond donors (Lipinski definition) is 2. The lowest BCUT2D eigenvalue weighted by atomic mass is 10.1. The number of hydrogen-bond acceptors (Lipinski definition) is 7. The number of fused-ring (bicyclic) bond motifs is 2. The average molecular weight is 467 g/mol. The van der Waals surface area contributed by atoms with E-state index in [1.165, 1.54) is 22.7 Å². The van der Waals surface area contributed by atoms with Gasteiger partial charge in [0, 0.05) is 16.0 Å². The van der Waals surface area contributed by atoms with Crippen LogP contribution in [0.1, 0.15) is 9.67 Å². The van der Waals surface area contributed by atoms with Crippen molar-refractivity contribution in [3.8, 4) is 17.0 Å². The van der Waals surface area contributed by atoms with Crippen molar-refractivity contribution >= 4 is 71.4 Å². The van der Waals surface area contributed by atoms with Gasteiger partial charge in [-0.05, 0) is 42.5 Å². The van der Waals surface area contributed by atoms with Crippen LogP contribution in [-0.4, -0.2) is 23.0 Å². The minimum absolute atomic E-state index is 0.306. The molecule has 154 valence electrons. The van der Waals surface area contributed by atoms with E-state index in [-0.39, 0.29) is 5.91 Å². The van der Waals surface area contributed by atoms with Crippen molar-refractivity contribution in [2.45, 2.75) is 0 Å². The van der Waals surface area contributed by atoms with Crippen LogP contribution in [0.5, 0.6) is 5.75 Å². The van der Waals surface area contributed by atoms with E-state index < -0.39 is 0 Å². The largest absolute Gasteiger partial charge is 0.497 e. The minimum Gasteiger partial charge on any atom is -0.497 e. The Labute approximate surface area is 190 Å². The highest BCUT2D eigenvalue weighted by molar-refractivity contribution is 7.23. The van der Waals surface area contributed by atoms with E-state index in [0.29, 0.717) is 25.5 Å². The standard InChI is InChI=1S/C22H15ClN4O2S2/c1-29-13-6-8-16-17(10-13)30-22(26-16)27-20(28)19-18(24)14-7-9-15(25-21(14)31-19)11-2-4-12(23)5-3-11/h2-10H,24H2,1H3,(H,26,27,28). The molecule has 9 heteroatoms. The topological polar surface area (TPSA) is 90.1 Å². The van der Waals surface area contributed by atoms with Crippen LogP contribution in [0.2, 0.25) is 5.02 Å². The predicted octanol–water partition coefficient (Wildman–Crippen LogP) is 6.07. The number of thiazole rings is 1. The second-order valence-electron chi connectivity index (χ2n) is 6.71. The van der Waals surface area contributed by atoms with Crippen molar-refractivity contribution in [2.24, 2.45) is 0 Å². The fourth-order valence-corrected chi connectivity index (χ4v) is 5.19. The molecule has 0 saturated carbocycles. The summed E-state index contributed by atoms with van der Waals surface area (Å²) in [5.74, 6) is 0.435. The zero-order valence-corrected chi connectivity index (χ0v) is 18.6. The Morgan fingerprint density at radius 1 is 1.06 bits per heavy atom. The molecule has 0 radical (unpaired) electrons. The molecule has 0 aliphatic carbocycles. The maximum Gasteiger partial charge on any atom is 0.269 e. The molecule has 31 heavy (non-hydrogen) atoms. The number of ether oxygens (including phenoxy) is 1. The molecule has 0 aliphatic heterocycles. The number of pyridine rings is 1. The molecule has 0 fully saturated rings. The Hall–Kier alpha value is -3.20. The number of amides is 1. The number of halogens is 1. The van der Waals surface area contributed by atoms with Gasteiger partial charge in [0.1, 0.15) is 15.5 Å². The molecule has 6 nitrogen and oxygen atoms in total. The van der Waals surface area contributed by atoms with Gasteiger partial charge < -0.3 is 10.5 Å². The Morgan fingerprint density at radius 3 is 2.65 bits per heavy atom. The summed E-state index contributed by atoms with van der Waals surface area (Å²) in [6.07, 6.45) is 0. The normalized spacial score (nSPS) is 11.2. The molecule has 1 amide bonds. The van der Waals surface area contributed by atoms with Crippen LogP contribution < -0.4 is 15.8 Å². The molecular formula is C22H15ClN4O2S2. The summed E-state index contributed by atoms with van der Waals surface area (Å²) in [5, 5.41) is 4.77. The maximum absolute atomic E-state index is 12.9. The van der Waals surface area contributed by atoms with Gasteiger partial charge in [0.2, 0.25) is 0 Å². The van der Waals surface area contributed by atoms with E-state index in [9.17, 15) is 4.79 Å². The fraction of sp³-hybridized carbons (Fsp3) is 0.0455. The summed E-state index contributed by atoms with van der Waals surface area (Å²) in [4.78, 5) is 23.2. The highest BCUT2D eigenvalue weighted by atomic mass is 35.5. The first-order chi connectivity index (χ1) is 15.0. The first-order valence-electron chi connectivity index (χ1n) is 9.23. The highest BCUT2D eigenvalue weighted by Gasteiger charge is 2.19. The van der Waals surface area contributed by atoms with Crippen LogP contribution in [0.25, 0.3) is 31.7 Å². The van der Waals surface area contributed by atoms with Gasteiger partial charge in [-0.1, -0.05) is 35.1 Å². The van der Waals surface area contributed by atoms with E-state index in [4.69, 9.17) is 22.1 Å². The number of nitrogens with one attached hydrogen (secondary N) is 1. The summed E-state index contributed by atoms with van der Waals surface area (Å²) < 4.78 is 6.17. The highest BCUT2D eigenvalue weighted by Crippen LogP contribution is 2.36. The quantitative estimate of drug-likeness (QED) is 0.335. The van der Waals surface area contributed by atoms with Crippen molar-refractivity contribution in [1.82, 2.24) is 9.97 Å². The van der Waals surface area contributed by atoms with Gasteiger partial charge in [-0.25, -0.2) is 9.97 Å². The number of carbonyl (C=O) groups excluding carboxylic acids is 1. The van der Waals surface area contributed by atoms with Crippen molar-refractivity contribution in [1.29, 1.82) is 0 Å². The van der Waals surface area contributed by atoms with Gasteiger partial charge in [-0.3, -0.25) is 10.1 Å². The lowest BCUT2D eigenvalue weighted by Crippen LogP contribution is -2.11. The molecule has 2 aromatic carbocycles. The van der Waals surface area contributed by atoms with Gasteiger partial charge >= 0.3 is 0 Å². The third-order valence-electron chi connectivity index (χ3n) is 4.76. The number of nitrogen functional groups attached to an aromatic ring is 1. The molecule has 3 heterocycles. The molecule has 3 N–H and O–H groups in total. The average Bonchev–Trinajstić information content (AvgIpc) is 3.33. The molecule has 0 saturated heterocycles. The van der Waals surface area contributed by atoms with Crippen LogP contribution in [0.4, 0.5) is 10.8 Å². The molecule has 0 aliphatic rings. The lowest BCUT2D eigenvalue weighted by Gasteiger charge is -2.01. The minimum atomic E-state index is -0.306. The van der Waals surface area contributed by atoms with Crippen LogP contribution in [0.15, 0.2) is 54.6 Å². The third-order valence-corrected chi connectivity index (χ3v) is 7.06. The molecule has 0 atom stereocenters. The smallest absolute Gasteiger partial charge is 0.269 e. The molecule has 5 rings (SSSR count). The van der Waals surface area contributed by atoms with Crippen molar-refractivity contribution in [2.75, 3.05) is 18.2 Å².